The van der Waals surface area contributed by atoms with Crippen LogP contribution in [0.15, 0.2) is 41.4 Å². The summed E-state index contributed by atoms with van der Waals surface area (Å²) in [6.07, 6.45) is 4.93. The van der Waals surface area contributed by atoms with Crippen molar-refractivity contribution in [1.29, 1.82) is 0 Å². The van der Waals surface area contributed by atoms with Crippen molar-refractivity contribution >= 4 is 17.0 Å². The van der Waals surface area contributed by atoms with Crippen molar-refractivity contribution in [2.75, 3.05) is 13.3 Å². The van der Waals surface area contributed by atoms with E-state index in [2.05, 4.69) is 4.99 Å². The molecule has 2 aromatic rings. The molecular formula is C17H19NO3. The second kappa shape index (κ2) is 6.70. The molecule has 1 N–H and O–H groups in total. The van der Waals surface area contributed by atoms with Crippen LogP contribution in [0.2, 0.25) is 0 Å². The van der Waals surface area contributed by atoms with Gasteiger partial charge in [0.25, 0.3) is 0 Å². The first-order valence-electron chi connectivity index (χ1n) is 7.27. The van der Waals surface area contributed by atoms with Gasteiger partial charge >= 0.3 is 0 Å². The van der Waals surface area contributed by atoms with Gasteiger partial charge in [-0.1, -0.05) is 18.2 Å². The first-order valence-corrected chi connectivity index (χ1v) is 7.27. The van der Waals surface area contributed by atoms with Crippen molar-refractivity contribution < 1.29 is 14.6 Å². The third-order valence-corrected chi connectivity index (χ3v) is 3.56. The molecule has 4 heteroatoms. The Kier molecular flexibility index (Phi) is 4.48. The van der Waals surface area contributed by atoms with E-state index in [0.29, 0.717) is 6.73 Å². The second-order valence-corrected chi connectivity index (χ2v) is 5.19. The maximum Gasteiger partial charge on any atom is 0.159 e. The van der Waals surface area contributed by atoms with Crippen LogP contribution in [0.3, 0.4) is 0 Å². The highest BCUT2D eigenvalue weighted by molar-refractivity contribution is 5.91. The highest BCUT2D eigenvalue weighted by Gasteiger charge is 2.12. The van der Waals surface area contributed by atoms with E-state index >= 15 is 0 Å². The summed E-state index contributed by atoms with van der Waals surface area (Å²) in [7, 11) is 0. The van der Waals surface area contributed by atoms with Gasteiger partial charge in [-0.15, -0.1) is 0 Å². The summed E-state index contributed by atoms with van der Waals surface area (Å²) in [5.41, 5.74) is 1.02. The lowest BCUT2D eigenvalue weighted by molar-refractivity contribution is -0.160. The van der Waals surface area contributed by atoms with Crippen LogP contribution in [0, 0.1) is 0 Å². The van der Waals surface area contributed by atoms with E-state index in [1.807, 2.05) is 24.3 Å². The Hall–Kier alpha value is -1.91. The molecular weight excluding hydrogens is 266 g/mol. The molecule has 1 aliphatic rings. The molecule has 0 amide bonds. The van der Waals surface area contributed by atoms with Crippen molar-refractivity contribution in [3.05, 3.63) is 42.0 Å². The van der Waals surface area contributed by atoms with Crippen molar-refractivity contribution in [2.45, 2.75) is 25.6 Å². The average molecular weight is 285 g/mol. The molecule has 1 atom stereocenters. The van der Waals surface area contributed by atoms with Crippen molar-refractivity contribution in [2.24, 2.45) is 4.99 Å². The van der Waals surface area contributed by atoms with Gasteiger partial charge in [0.2, 0.25) is 0 Å². The molecule has 3 rings (SSSR count). The molecule has 2 aromatic carbocycles. The third-order valence-electron chi connectivity index (χ3n) is 3.56. The third kappa shape index (κ3) is 3.80. The van der Waals surface area contributed by atoms with Crippen LogP contribution < -0.4 is 0 Å². The largest absolute Gasteiger partial charge is 0.508 e. The fraction of sp³-hybridized carbons (Fsp3) is 0.353. The summed E-state index contributed by atoms with van der Waals surface area (Å²) in [5, 5.41) is 11.5. The Labute approximate surface area is 124 Å². The minimum Gasteiger partial charge on any atom is -0.508 e. The van der Waals surface area contributed by atoms with E-state index in [0.717, 1.165) is 42.2 Å². The van der Waals surface area contributed by atoms with Gasteiger partial charge in [0.1, 0.15) is 12.5 Å². The molecule has 0 aliphatic carbocycles. The van der Waals surface area contributed by atoms with E-state index in [1.165, 1.54) is 0 Å². The van der Waals surface area contributed by atoms with Gasteiger partial charge in [-0.3, -0.25) is 4.99 Å². The maximum absolute atomic E-state index is 9.44. The predicted molar refractivity (Wildman–Crippen MR) is 82.7 cm³/mol. The molecule has 1 aliphatic heterocycles. The van der Waals surface area contributed by atoms with Gasteiger partial charge in [0, 0.05) is 12.8 Å². The summed E-state index contributed by atoms with van der Waals surface area (Å²) >= 11 is 0. The minimum absolute atomic E-state index is 0.101. The number of phenols is 1. The van der Waals surface area contributed by atoms with E-state index in [-0.39, 0.29) is 12.0 Å². The number of fused-ring (bicyclic) bond motifs is 1. The summed E-state index contributed by atoms with van der Waals surface area (Å²) in [6, 6.07) is 11.3. The Balaban J connectivity index is 1.59. The lowest BCUT2D eigenvalue weighted by Crippen LogP contribution is -2.22. The van der Waals surface area contributed by atoms with Crippen LogP contribution in [0.25, 0.3) is 10.8 Å². The zero-order valence-electron chi connectivity index (χ0n) is 11.9. The van der Waals surface area contributed by atoms with Gasteiger partial charge in [0.15, 0.2) is 6.29 Å². The predicted octanol–water partition coefficient (Wildman–Crippen LogP) is 3.47. The number of rotatable bonds is 4. The molecule has 1 fully saturated rings. The molecule has 110 valence electrons. The molecule has 1 heterocycles. The first-order chi connectivity index (χ1) is 10.3. The Morgan fingerprint density at radius 2 is 2.05 bits per heavy atom. The summed E-state index contributed by atoms with van der Waals surface area (Å²) in [6.45, 7) is 1.10. The fourth-order valence-electron chi connectivity index (χ4n) is 2.44. The Morgan fingerprint density at radius 1 is 1.19 bits per heavy atom. The summed E-state index contributed by atoms with van der Waals surface area (Å²) in [4.78, 5) is 4.28. The molecule has 0 bridgehead atoms. The van der Waals surface area contributed by atoms with E-state index in [1.54, 1.807) is 18.3 Å². The second-order valence-electron chi connectivity index (χ2n) is 5.19. The minimum atomic E-state index is -0.101. The number of nitrogens with zero attached hydrogens (tertiary/aromatic N) is 1. The standard InChI is InChI=1S/C17H19NO3/c19-16-7-6-14-9-13(4-5-15(14)10-16)11-18-12-21-17-3-1-2-8-20-17/h4-7,9-11,17,19H,1-3,8,12H2. The van der Waals surface area contributed by atoms with Gasteiger partial charge in [0.05, 0.1) is 0 Å². The number of ether oxygens (including phenoxy) is 2. The van der Waals surface area contributed by atoms with Gasteiger partial charge in [-0.05, 0) is 53.8 Å². The number of aromatic hydroxyl groups is 1. The number of benzene rings is 2. The summed E-state index contributed by atoms with van der Waals surface area (Å²) < 4.78 is 11.0. The maximum atomic E-state index is 9.44. The Bertz CT molecular complexity index is 633. The van der Waals surface area contributed by atoms with E-state index in [4.69, 9.17) is 9.47 Å². The molecule has 0 spiro atoms. The number of hydrogen-bond donors (Lipinski definition) is 1. The highest BCUT2D eigenvalue weighted by Crippen LogP contribution is 2.20. The first kappa shape index (κ1) is 14.0. The molecule has 1 saturated heterocycles. The highest BCUT2D eigenvalue weighted by atomic mass is 16.7. The number of aliphatic imine (C=N–C) groups is 1. The topological polar surface area (TPSA) is 51.1 Å². The lowest BCUT2D eigenvalue weighted by atomic mass is 10.1. The van der Waals surface area contributed by atoms with E-state index in [9.17, 15) is 5.11 Å². The molecule has 1 unspecified atom stereocenters. The van der Waals surface area contributed by atoms with Crippen molar-refractivity contribution in [3.63, 3.8) is 0 Å². The quantitative estimate of drug-likeness (QED) is 0.875. The molecule has 0 saturated carbocycles. The fourth-order valence-corrected chi connectivity index (χ4v) is 2.44. The van der Waals surface area contributed by atoms with Gasteiger partial charge in [-0.25, -0.2) is 0 Å². The SMILES string of the molecule is Oc1ccc2cc(C=NCOC3CCCCO3)ccc2c1. The van der Waals surface area contributed by atoms with Crippen LogP contribution in [0.4, 0.5) is 0 Å². The normalized spacial score (nSPS) is 19.3. The molecule has 21 heavy (non-hydrogen) atoms. The number of hydrogen-bond acceptors (Lipinski definition) is 4. The van der Waals surface area contributed by atoms with Crippen LogP contribution in [0.1, 0.15) is 24.8 Å². The average Bonchev–Trinajstić information content (AvgIpc) is 2.52. The van der Waals surface area contributed by atoms with Crippen LogP contribution >= 0.6 is 0 Å². The van der Waals surface area contributed by atoms with Crippen molar-refractivity contribution in [3.8, 4) is 5.75 Å². The zero-order valence-corrected chi connectivity index (χ0v) is 11.9. The lowest BCUT2D eigenvalue weighted by Gasteiger charge is -2.21. The van der Waals surface area contributed by atoms with Gasteiger partial charge < -0.3 is 14.6 Å². The molecule has 0 aromatic heterocycles. The summed E-state index contributed by atoms with van der Waals surface area (Å²) in [5.74, 6) is 0.282. The van der Waals surface area contributed by atoms with E-state index < -0.39 is 0 Å². The molecule has 4 nitrogen and oxygen atoms in total. The smallest absolute Gasteiger partial charge is 0.159 e. The Morgan fingerprint density at radius 3 is 2.90 bits per heavy atom. The zero-order chi connectivity index (χ0) is 14.5. The van der Waals surface area contributed by atoms with Gasteiger partial charge in [-0.2, -0.15) is 0 Å². The van der Waals surface area contributed by atoms with Crippen LogP contribution in [-0.2, 0) is 9.47 Å². The van der Waals surface area contributed by atoms with Crippen molar-refractivity contribution in [1.82, 2.24) is 0 Å². The van der Waals surface area contributed by atoms with Crippen LogP contribution in [-0.4, -0.2) is 30.9 Å². The number of phenolic OH excluding ortho intramolecular Hbond substituents is 1. The molecule has 0 radical (unpaired) electrons. The monoisotopic (exact) mass is 285 g/mol. The van der Waals surface area contributed by atoms with Crippen LogP contribution in [0.5, 0.6) is 5.75 Å².